The smallest absolute Gasteiger partial charge is 0.329 e. The lowest BCUT2D eigenvalue weighted by molar-refractivity contribution is -0.160. The van der Waals surface area contributed by atoms with Crippen molar-refractivity contribution >= 4 is 23.5 Å². The van der Waals surface area contributed by atoms with Gasteiger partial charge in [0.05, 0.1) is 6.42 Å². The molecule has 3 N–H and O–H groups in total. The van der Waals surface area contributed by atoms with Crippen LogP contribution in [0.1, 0.15) is 59.9 Å². The van der Waals surface area contributed by atoms with E-state index in [1.807, 2.05) is 0 Å². The maximum Gasteiger partial charge on any atom is 0.329 e. The average Bonchev–Trinajstić information content (AvgIpc) is 2.50. The molecule has 0 saturated heterocycles. The van der Waals surface area contributed by atoms with E-state index in [2.05, 4.69) is 5.32 Å². The van der Waals surface area contributed by atoms with Gasteiger partial charge in [-0.05, 0) is 65.7 Å². The van der Waals surface area contributed by atoms with Gasteiger partial charge in [-0.1, -0.05) is 12.1 Å². The topological polar surface area (TPSA) is 108 Å². The standard InChI is InChI=1S/C21H32N2O5/c1-20(2,3)27-18(25)12-11-16(19(26)28-21(4,5)6)23-17(24)13-14-7-9-15(22)10-8-14/h7-10,16H,11-13,22H2,1-6H3,(H,23,24)/t16-/m0/s1. The van der Waals surface area contributed by atoms with Crippen molar-refractivity contribution in [1.29, 1.82) is 0 Å². The molecule has 0 fully saturated rings. The van der Waals surface area contributed by atoms with Crippen molar-refractivity contribution in [3.63, 3.8) is 0 Å². The molecular formula is C21H32N2O5. The zero-order valence-corrected chi connectivity index (χ0v) is 17.6. The van der Waals surface area contributed by atoms with Crippen LogP contribution < -0.4 is 11.1 Å². The van der Waals surface area contributed by atoms with Crippen molar-refractivity contribution in [2.45, 2.75) is 78.0 Å². The summed E-state index contributed by atoms with van der Waals surface area (Å²) in [6, 6.07) is 5.97. The maximum absolute atomic E-state index is 12.5. The minimum atomic E-state index is -0.937. The molecule has 1 amide bonds. The van der Waals surface area contributed by atoms with Crippen LogP contribution in [0.15, 0.2) is 24.3 Å². The van der Waals surface area contributed by atoms with Crippen LogP contribution in [0.3, 0.4) is 0 Å². The first-order chi connectivity index (χ1) is 12.7. The van der Waals surface area contributed by atoms with Gasteiger partial charge in [0, 0.05) is 12.1 Å². The number of nitrogen functional groups attached to an aromatic ring is 1. The van der Waals surface area contributed by atoms with Crippen LogP contribution in [0.5, 0.6) is 0 Å². The molecule has 0 aliphatic heterocycles. The molecule has 7 nitrogen and oxygen atoms in total. The summed E-state index contributed by atoms with van der Waals surface area (Å²) in [5, 5.41) is 2.67. The Morgan fingerprint density at radius 3 is 2.00 bits per heavy atom. The van der Waals surface area contributed by atoms with Gasteiger partial charge in [0.2, 0.25) is 5.91 Å². The van der Waals surface area contributed by atoms with Crippen LogP contribution >= 0.6 is 0 Å². The van der Waals surface area contributed by atoms with Crippen molar-refractivity contribution in [2.75, 3.05) is 5.73 Å². The molecule has 7 heteroatoms. The van der Waals surface area contributed by atoms with E-state index in [4.69, 9.17) is 15.2 Å². The fraction of sp³-hybridized carbons (Fsp3) is 0.571. The molecule has 28 heavy (non-hydrogen) atoms. The Balaban J connectivity index is 2.76. The third kappa shape index (κ3) is 9.94. The number of nitrogens with two attached hydrogens (primary N) is 1. The van der Waals surface area contributed by atoms with Gasteiger partial charge in [-0.3, -0.25) is 9.59 Å². The van der Waals surface area contributed by atoms with E-state index in [0.29, 0.717) is 5.69 Å². The Labute approximate surface area is 167 Å². The number of ether oxygens (including phenoxy) is 2. The number of esters is 2. The second-order valence-electron chi connectivity index (χ2n) is 8.70. The van der Waals surface area contributed by atoms with E-state index in [-0.39, 0.29) is 25.2 Å². The first kappa shape index (κ1) is 23.5. The van der Waals surface area contributed by atoms with Crippen molar-refractivity contribution in [3.05, 3.63) is 29.8 Å². The summed E-state index contributed by atoms with van der Waals surface area (Å²) in [6.07, 6.45) is 0.173. The predicted molar refractivity (Wildman–Crippen MR) is 107 cm³/mol. The Kier molecular flexibility index (Phi) is 8.02. The second-order valence-corrected chi connectivity index (χ2v) is 8.70. The fourth-order valence-electron chi connectivity index (χ4n) is 2.34. The molecule has 1 rings (SSSR count). The highest BCUT2D eigenvalue weighted by Crippen LogP contribution is 2.14. The van der Waals surface area contributed by atoms with Crippen LogP contribution in [0.25, 0.3) is 0 Å². The molecule has 0 spiro atoms. The third-order valence-electron chi connectivity index (χ3n) is 3.43. The van der Waals surface area contributed by atoms with E-state index in [1.165, 1.54) is 0 Å². The minimum absolute atomic E-state index is 0.0106. The lowest BCUT2D eigenvalue weighted by Gasteiger charge is -2.25. The van der Waals surface area contributed by atoms with Crippen LogP contribution in [0.4, 0.5) is 5.69 Å². The molecule has 0 aliphatic rings. The van der Waals surface area contributed by atoms with Gasteiger partial charge >= 0.3 is 11.9 Å². The van der Waals surface area contributed by atoms with E-state index in [1.54, 1.807) is 65.8 Å². The van der Waals surface area contributed by atoms with Gasteiger partial charge < -0.3 is 20.5 Å². The Bertz CT molecular complexity index is 684. The molecule has 0 heterocycles. The highest BCUT2D eigenvalue weighted by Gasteiger charge is 2.28. The summed E-state index contributed by atoms with van der Waals surface area (Å²) in [6.45, 7) is 10.5. The maximum atomic E-state index is 12.5. The predicted octanol–water partition coefficient (Wildman–Crippen LogP) is 2.76. The molecule has 1 aromatic carbocycles. The van der Waals surface area contributed by atoms with Gasteiger partial charge in [0.15, 0.2) is 0 Å². The quantitative estimate of drug-likeness (QED) is 0.546. The Morgan fingerprint density at radius 2 is 1.50 bits per heavy atom. The number of anilines is 1. The molecular weight excluding hydrogens is 360 g/mol. The lowest BCUT2D eigenvalue weighted by Crippen LogP contribution is -2.45. The summed E-state index contributed by atoms with van der Waals surface area (Å²) in [7, 11) is 0. The third-order valence-corrected chi connectivity index (χ3v) is 3.43. The Hall–Kier alpha value is -2.57. The minimum Gasteiger partial charge on any atom is -0.460 e. The summed E-state index contributed by atoms with van der Waals surface area (Å²) < 4.78 is 10.6. The molecule has 0 saturated carbocycles. The van der Waals surface area contributed by atoms with Crippen molar-refractivity contribution in [1.82, 2.24) is 5.32 Å². The first-order valence-electron chi connectivity index (χ1n) is 9.34. The molecule has 0 bridgehead atoms. The van der Waals surface area contributed by atoms with Crippen LogP contribution in [0.2, 0.25) is 0 Å². The van der Waals surface area contributed by atoms with Gasteiger partial charge in [-0.15, -0.1) is 0 Å². The van der Waals surface area contributed by atoms with E-state index in [9.17, 15) is 14.4 Å². The van der Waals surface area contributed by atoms with Crippen molar-refractivity contribution < 1.29 is 23.9 Å². The van der Waals surface area contributed by atoms with Crippen molar-refractivity contribution in [3.8, 4) is 0 Å². The molecule has 1 atom stereocenters. The number of carbonyl (C=O) groups excluding carboxylic acids is 3. The normalized spacial score (nSPS) is 12.8. The molecule has 1 aromatic rings. The molecule has 156 valence electrons. The van der Waals surface area contributed by atoms with Gasteiger partial charge in [-0.2, -0.15) is 0 Å². The molecule has 0 aliphatic carbocycles. The van der Waals surface area contributed by atoms with E-state index >= 15 is 0 Å². The van der Waals surface area contributed by atoms with Gasteiger partial charge in [0.1, 0.15) is 17.2 Å². The van der Waals surface area contributed by atoms with Crippen LogP contribution in [0, 0.1) is 0 Å². The summed E-state index contributed by atoms with van der Waals surface area (Å²) in [4.78, 5) is 36.8. The lowest BCUT2D eigenvalue weighted by atomic mass is 10.1. The summed E-state index contributed by atoms with van der Waals surface area (Å²) in [5.74, 6) is -1.36. The summed E-state index contributed by atoms with van der Waals surface area (Å²) in [5.41, 5.74) is 5.69. The number of hydrogen-bond acceptors (Lipinski definition) is 6. The van der Waals surface area contributed by atoms with Gasteiger partial charge in [0.25, 0.3) is 0 Å². The van der Waals surface area contributed by atoms with Crippen LogP contribution in [-0.2, 0) is 30.3 Å². The Morgan fingerprint density at radius 1 is 0.964 bits per heavy atom. The molecule has 0 aromatic heterocycles. The SMILES string of the molecule is CC(C)(C)OC(=O)CC[C@H](NC(=O)Cc1ccc(N)cc1)C(=O)OC(C)(C)C. The molecule has 0 unspecified atom stereocenters. The van der Waals surface area contributed by atoms with Crippen molar-refractivity contribution in [2.24, 2.45) is 0 Å². The number of hydrogen-bond donors (Lipinski definition) is 2. The highest BCUT2D eigenvalue weighted by atomic mass is 16.6. The highest BCUT2D eigenvalue weighted by molar-refractivity contribution is 5.86. The zero-order chi connectivity index (χ0) is 21.5. The number of carbonyl (C=O) groups is 3. The first-order valence-corrected chi connectivity index (χ1v) is 9.34. The number of amides is 1. The fourth-order valence-corrected chi connectivity index (χ4v) is 2.34. The molecule has 0 radical (unpaired) electrons. The van der Waals surface area contributed by atoms with E-state index in [0.717, 1.165) is 5.56 Å². The van der Waals surface area contributed by atoms with E-state index < -0.39 is 29.2 Å². The average molecular weight is 392 g/mol. The second kappa shape index (κ2) is 9.57. The number of nitrogens with one attached hydrogen (secondary N) is 1. The monoisotopic (exact) mass is 392 g/mol. The number of rotatable bonds is 7. The largest absolute Gasteiger partial charge is 0.460 e. The summed E-state index contributed by atoms with van der Waals surface area (Å²) >= 11 is 0. The number of benzene rings is 1. The van der Waals surface area contributed by atoms with Gasteiger partial charge in [-0.25, -0.2) is 4.79 Å². The zero-order valence-electron chi connectivity index (χ0n) is 17.6. The van der Waals surface area contributed by atoms with Crippen LogP contribution in [-0.4, -0.2) is 35.1 Å².